The minimum absolute atomic E-state index is 0.113. The Bertz CT molecular complexity index is 1180. The first-order valence-corrected chi connectivity index (χ1v) is 11.3. The van der Waals surface area contributed by atoms with Gasteiger partial charge in [0.25, 0.3) is 5.69 Å². The molecule has 0 aliphatic carbocycles. The summed E-state index contributed by atoms with van der Waals surface area (Å²) in [7, 11) is 3.22. The number of amides is 3. The number of aliphatic carboxylic acids is 1. The van der Waals surface area contributed by atoms with Crippen LogP contribution in [0.1, 0.15) is 30.5 Å². The molecule has 0 bridgehead atoms. The van der Waals surface area contributed by atoms with E-state index in [4.69, 9.17) is 4.74 Å². The third-order valence-electron chi connectivity index (χ3n) is 6.14. The van der Waals surface area contributed by atoms with Crippen LogP contribution in [0, 0.1) is 16.0 Å². The summed E-state index contributed by atoms with van der Waals surface area (Å²) in [5.41, 5.74) is 1.10. The summed E-state index contributed by atoms with van der Waals surface area (Å²) in [6.07, 6.45) is 0.562. The third kappa shape index (κ3) is 6.04. The number of nitro benzene ring substituents is 1. The molecule has 0 aromatic heterocycles. The van der Waals surface area contributed by atoms with E-state index >= 15 is 0 Å². The lowest BCUT2D eigenvalue weighted by atomic mass is 9.86. The summed E-state index contributed by atoms with van der Waals surface area (Å²) in [5.74, 6) is -1.75. The van der Waals surface area contributed by atoms with Gasteiger partial charge < -0.3 is 19.6 Å². The third-order valence-corrected chi connectivity index (χ3v) is 6.14. The fraction of sp³-hybridized carbons (Fsp3) is 0.360. The number of aliphatic imine (C=N–C) groups is 1. The van der Waals surface area contributed by atoms with E-state index < -0.39 is 28.9 Å². The van der Waals surface area contributed by atoms with E-state index in [9.17, 15) is 29.6 Å². The number of hydrogen-bond acceptors (Lipinski definition) is 6. The standard InChI is InChI=1S/C25H28N4O7/c1-16-22(24(31)32)23(18-6-4-7-19(15-18)29(34)35)28(25(33)26-16)13-5-12-27(2)21(30)14-17-8-10-20(36-3)11-9-17/h4,6-11,15,22-23H,5,12-14H2,1-3H3,(H,31,32). The molecule has 2 atom stereocenters. The molecule has 11 nitrogen and oxygen atoms in total. The Labute approximate surface area is 208 Å². The van der Waals surface area contributed by atoms with Crippen LogP contribution in [0.5, 0.6) is 5.75 Å². The van der Waals surface area contributed by atoms with Crippen LogP contribution in [-0.4, -0.2) is 70.7 Å². The molecule has 2 aromatic carbocycles. The highest BCUT2D eigenvalue weighted by atomic mass is 16.6. The summed E-state index contributed by atoms with van der Waals surface area (Å²) in [6.45, 7) is 1.90. The van der Waals surface area contributed by atoms with Crippen LogP contribution >= 0.6 is 0 Å². The molecule has 2 aromatic rings. The second-order valence-electron chi connectivity index (χ2n) is 8.54. The predicted molar refractivity (Wildman–Crippen MR) is 131 cm³/mol. The molecule has 0 saturated heterocycles. The predicted octanol–water partition coefficient (Wildman–Crippen LogP) is 3.33. The number of likely N-dealkylation sites (N-methyl/N-ethyl adjacent to an activating group) is 1. The number of ether oxygens (including phenoxy) is 1. The fourth-order valence-electron chi connectivity index (χ4n) is 4.21. The molecule has 0 radical (unpaired) electrons. The quantitative estimate of drug-likeness (QED) is 0.393. The molecular weight excluding hydrogens is 468 g/mol. The lowest BCUT2D eigenvalue weighted by molar-refractivity contribution is -0.385. The number of nitrogens with zero attached hydrogens (tertiary/aromatic N) is 4. The van der Waals surface area contributed by atoms with Gasteiger partial charge >= 0.3 is 12.0 Å². The largest absolute Gasteiger partial charge is 0.497 e. The fourth-order valence-corrected chi connectivity index (χ4v) is 4.21. The number of nitro groups is 1. The Morgan fingerprint density at radius 3 is 2.53 bits per heavy atom. The van der Waals surface area contributed by atoms with Crippen molar-refractivity contribution in [2.24, 2.45) is 10.9 Å². The van der Waals surface area contributed by atoms with Gasteiger partial charge in [0.2, 0.25) is 5.91 Å². The first kappa shape index (κ1) is 26.3. The number of hydrogen-bond donors (Lipinski definition) is 1. The van der Waals surface area contributed by atoms with E-state index in [1.165, 1.54) is 30.0 Å². The van der Waals surface area contributed by atoms with E-state index in [-0.39, 0.29) is 30.3 Å². The molecule has 2 unspecified atom stereocenters. The highest BCUT2D eigenvalue weighted by molar-refractivity contribution is 6.07. The molecule has 3 rings (SSSR count). The number of non-ortho nitro benzene ring substituents is 1. The zero-order chi connectivity index (χ0) is 26.4. The average molecular weight is 497 g/mol. The van der Waals surface area contributed by atoms with Crippen LogP contribution in [0.2, 0.25) is 0 Å². The van der Waals surface area contributed by atoms with E-state index in [2.05, 4.69) is 4.99 Å². The summed E-state index contributed by atoms with van der Waals surface area (Å²) in [5, 5.41) is 21.1. The van der Waals surface area contributed by atoms with Crippen molar-refractivity contribution in [1.29, 1.82) is 0 Å². The Balaban J connectivity index is 1.73. The van der Waals surface area contributed by atoms with Gasteiger partial charge in [-0.2, -0.15) is 0 Å². The summed E-state index contributed by atoms with van der Waals surface area (Å²) < 4.78 is 5.12. The zero-order valence-corrected chi connectivity index (χ0v) is 20.3. The number of carboxylic acid groups (broad SMARTS) is 1. The Kier molecular flexibility index (Phi) is 8.36. The van der Waals surface area contributed by atoms with Crippen molar-refractivity contribution in [1.82, 2.24) is 9.80 Å². The second kappa shape index (κ2) is 11.4. The lowest BCUT2D eigenvalue weighted by Crippen LogP contribution is -2.47. The van der Waals surface area contributed by atoms with Gasteiger partial charge in [-0.25, -0.2) is 9.79 Å². The molecule has 1 heterocycles. The van der Waals surface area contributed by atoms with Crippen molar-refractivity contribution in [2.45, 2.75) is 25.8 Å². The Morgan fingerprint density at radius 1 is 1.22 bits per heavy atom. The summed E-state index contributed by atoms with van der Waals surface area (Å²) in [4.78, 5) is 55.0. The smallest absolute Gasteiger partial charge is 0.344 e. The van der Waals surface area contributed by atoms with Crippen LogP contribution < -0.4 is 4.74 Å². The van der Waals surface area contributed by atoms with Gasteiger partial charge in [0.1, 0.15) is 11.7 Å². The number of benzene rings is 2. The number of carbonyl (C=O) groups excluding carboxylic acids is 2. The topological polar surface area (TPSA) is 143 Å². The van der Waals surface area contributed by atoms with Crippen LogP contribution in [0.15, 0.2) is 53.5 Å². The number of carbonyl (C=O) groups is 3. The maximum absolute atomic E-state index is 12.8. The first-order valence-electron chi connectivity index (χ1n) is 11.3. The average Bonchev–Trinajstić information content (AvgIpc) is 2.85. The Hall–Kier alpha value is -4.28. The van der Waals surface area contributed by atoms with Crippen LogP contribution in [0.3, 0.4) is 0 Å². The molecular formula is C25H28N4O7. The summed E-state index contributed by atoms with van der Waals surface area (Å²) >= 11 is 0. The lowest BCUT2D eigenvalue weighted by Gasteiger charge is -2.38. The minimum atomic E-state index is -1.18. The molecule has 1 N–H and O–H groups in total. The number of urea groups is 1. The number of carboxylic acids is 1. The van der Waals surface area contributed by atoms with E-state index in [1.54, 1.807) is 37.3 Å². The highest BCUT2D eigenvalue weighted by Gasteiger charge is 2.42. The van der Waals surface area contributed by atoms with Gasteiger partial charge in [-0.1, -0.05) is 24.3 Å². The van der Waals surface area contributed by atoms with E-state index in [1.807, 2.05) is 12.1 Å². The van der Waals surface area contributed by atoms with Crippen LogP contribution in [-0.2, 0) is 16.0 Å². The van der Waals surface area contributed by atoms with Gasteiger partial charge in [-0.15, -0.1) is 0 Å². The van der Waals surface area contributed by atoms with E-state index in [0.29, 0.717) is 24.3 Å². The Morgan fingerprint density at radius 2 is 1.92 bits per heavy atom. The van der Waals surface area contributed by atoms with Gasteiger partial charge in [0, 0.05) is 38.0 Å². The van der Waals surface area contributed by atoms with Crippen molar-refractivity contribution in [2.75, 3.05) is 27.2 Å². The van der Waals surface area contributed by atoms with Gasteiger partial charge in [-0.05, 0) is 36.6 Å². The summed E-state index contributed by atoms with van der Waals surface area (Å²) in [6, 6.07) is 11.2. The van der Waals surface area contributed by atoms with Crippen LogP contribution in [0.25, 0.3) is 0 Å². The molecule has 36 heavy (non-hydrogen) atoms. The molecule has 1 aliphatic rings. The highest BCUT2D eigenvalue weighted by Crippen LogP contribution is 2.35. The van der Waals surface area contributed by atoms with Crippen molar-refractivity contribution >= 4 is 29.3 Å². The molecule has 0 spiro atoms. The van der Waals surface area contributed by atoms with E-state index in [0.717, 1.165) is 5.56 Å². The first-order chi connectivity index (χ1) is 17.1. The molecule has 1 aliphatic heterocycles. The number of rotatable bonds is 10. The molecule has 0 fully saturated rings. The van der Waals surface area contributed by atoms with Crippen molar-refractivity contribution < 1.29 is 29.2 Å². The molecule has 0 saturated carbocycles. The monoisotopic (exact) mass is 496 g/mol. The van der Waals surface area contributed by atoms with Crippen LogP contribution in [0.4, 0.5) is 10.5 Å². The van der Waals surface area contributed by atoms with Crippen molar-refractivity contribution in [3.8, 4) is 5.75 Å². The second-order valence-corrected chi connectivity index (χ2v) is 8.54. The molecule has 190 valence electrons. The zero-order valence-electron chi connectivity index (χ0n) is 20.3. The maximum Gasteiger partial charge on any atom is 0.344 e. The molecule has 11 heteroatoms. The van der Waals surface area contributed by atoms with Gasteiger partial charge in [0.05, 0.1) is 24.5 Å². The SMILES string of the molecule is COc1ccc(CC(=O)N(C)CCCN2C(=O)N=C(C)C(C(=O)O)C2c2cccc([N+](=O)[O-])c2)cc1. The van der Waals surface area contributed by atoms with Gasteiger partial charge in [0.15, 0.2) is 0 Å². The normalized spacial score (nSPS) is 17.4. The maximum atomic E-state index is 12.8. The number of methoxy groups -OCH3 is 1. The molecule has 3 amide bonds. The minimum Gasteiger partial charge on any atom is -0.497 e. The van der Waals surface area contributed by atoms with Crippen molar-refractivity contribution in [3.05, 3.63) is 69.8 Å². The van der Waals surface area contributed by atoms with Crippen molar-refractivity contribution in [3.63, 3.8) is 0 Å². The van der Waals surface area contributed by atoms with Gasteiger partial charge in [-0.3, -0.25) is 19.7 Å².